The Kier molecular flexibility index (Phi) is 5.75. The molecular weight excluding hydrogens is 318 g/mol. The Morgan fingerprint density at radius 3 is 2.80 bits per heavy atom. The minimum Gasteiger partial charge on any atom is -0.391 e. The summed E-state index contributed by atoms with van der Waals surface area (Å²) in [4.78, 5) is 20.4. The van der Waals surface area contributed by atoms with Crippen LogP contribution in [0, 0.1) is 0 Å². The lowest BCUT2D eigenvalue weighted by molar-refractivity contribution is -0.120. The second-order valence-electron chi connectivity index (χ2n) is 6.50. The summed E-state index contributed by atoms with van der Waals surface area (Å²) in [7, 11) is 0. The third kappa shape index (κ3) is 4.63. The zero-order valence-electron chi connectivity index (χ0n) is 14.7. The Balaban J connectivity index is 1.62. The van der Waals surface area contributed by atoms with E-state index in [0.29, 0.717) is 26.2 Å². The number of β-amino-alcohol motifs (C(OH)–C–C–N with tert-alkyl or cyclic N) is 1. The maximum atomic E-state index is 11.5. The van der Waals surface area contributed by atoms with E-state index < -0.39 is 0 Å². The van der Waals surface area contributed by atoms with Crippen LogP contribution >= 0.6 is 0 Å². The van der Waals surface area contributed by atoms with E-state index in [4.69, 9.17) is 4.99 Å². The molecule has 2 aliphatic rings. The van der Waals surface area contributed by atoms with Gasteiger partial charge in [0.05, 0.1) is 19.2 Å². The largest absolute Gasteiger partial charge is 0.391 e. The van der Waals surface area contributed by atoms with Gasteiger partial charge in [-0.3, -0.25) is 4.79 Å². The lowest BCUT2D eigenvalue weighted by Gasteiger charge is -2.28. The summed E-state index contributed by atoms with van der Waals surface area (Å²) in [5.74, 6) is 0.929. The van der Waals surface area contributed by atoms with Gasteiger partial charge in [-0.2, -0.15) is 0 Å². The second kappa shape index (κ2) is 8.20. The van der Waals surface area contributed by atoms with E-state index in [0.717, 1.165) is 43.3 Å². The summed E-state index contributed by atoms with van der Waals surface area (Å²) < 4.78 is 0. The molecule has 0 radical (unpaired) electrons. The van der Waals surface area contributed by atoms with E-state index in [2.05, 4.69) is 44.7 Å². The quantitative estimate of drug-likeness (QED) is 0.535. The number of carbonyl (C=O) groups excluding carboxylic acids is 1. The van der Waals surface area contributed by atoms with Gasteiger partial charge in [0.25, 0.3) is 0 Å². The van der Waals surface area contributed by atoms with Crippen LogP contribution in [0.4, 0.5) is 5.69 Å². The van der Waals surface area contributed by atoms with Gasteiger partial charge in [-0.25, -0.2) is 4.99 Å². The predicted octanol–water partition coefficient (Wildman–Crippen LogP) is 0.155. The topological polar surface area (TPSA) is 80.2 Å². The second-order valence-corrected chi connectivity index (χ2v) is 6.50. The van der Waals surface area contributed by atoms with Gasteiger partial charge in [0.1, 0.15) is 0 Å². The summed E-state index contributed by atoms with van der Waals surface area (Å²) in [6.45, 7) is 6.87. The van der Waals surface area contributed by atoms with Crippen LogP contribution in [0.3, 0.4) is 0 Å². The molecule has 7 nitrogen and oxygen atoms in total. The van der Waals surface area contributed by atoms with E-state index in [1.165, 1.54) is 0 Å². The van der Waals surface area contributed by atoms with Crippen LogP contribution in [-0.4, -0.2) is 67.2 Å². The molecule has 2 heterocycles. The number of carbonyl (C=O) groups is 1. The average molecular weight is 345 g/mol. The number of hydrogen-bond acceptors (Lipinski definition) is 4. The molecule has 0 bridgehead atoms. The van der Waals surface area contributed by atoms with E-state index in [-0.39, 0.29) is 12.0 Å². The number of aliphatic hydroxyl groups excluding tert-OH is 1. The van der Waals surface area contributed by atoms with Crippen LogP contribution < -0.4 is 15.5 Å². The highest BCUT2D eigenvalue weighted by Gasteiger charge is 2.22. The van der Waals surface area contributed by atoms with Gasteiger partial charge in [0.15, 0.2) is 5.96 Å². The molecule has 1 aromatic carbocycles. The summed E-state index contributed by atoms with van der Waals surface area (Å²) in [5, 5.41) is 15.9. The summed E-state index contributed by atoms with van der Waals surface area (Å²) in [5.41, 5.74) is 2.19. The fourth-order valence-corrected chi connectivity index (χ4v) is 3.20. The lowest BCUT2D eigenvalue weighted by atomic mass is 10.2. The first-order valence-corrected chi connectivity index (χ1v) is 8.97. The molecule has 7 heteroatoms. The smallest absolute Gasteiger partial charge is 0.239 e. The molecule has 0 unspecified atom stereocenters. The zero-order valence-corrected chi connectivity index (χ0v) is 14.7. The molecule has 1 aromatic rings. The van der Waals surface area contributed by atoms with Crippen molar-refractivity contribution in [3.8, 4) is 0 Å². The van der Waals surface area contributed by atoms with E-state index >= 15 is 0 Å². The van der Waals surface area contributed by atoms with E-state index in [1.54, 1.807) is 0 Å². The van der Waals surface area contributed by atoms with Crippen LogP contribution in [0.2, 0.25) is 0 Å². The summed E-state index contributed by atoms with van der Waals surface area (Å²) in [6, 6.07) is 8.23. The Hall–Kier alpha value is -2.28. The van der Waals surface area contributed by atoms with Crippen molar-refractivity contribution in [3.05, 3.63) is 29.8 Å². The van der Waals surface area contributed by atoms with Crippen molar-refractivity contribution in [1.29, 1.82) is 0 Å². The molecule has 0 saturated carbocycles. The normalized spacial score (nSPS) is 21.4. The number of amides is 1. The Morgan fingerprint density at radius 2 is 2.16 bits per heavy atom. The third-order valence-corrected chi connectivity index (χ3v) is 4.55. The highest BCUT2D eigenvalue weighted by Crippen LogP contribution is 2.17. The first-order valence-electron chi connectivity index (χ1n) is 8.97. The third-order valence-electron chi connectivity index (χ3n) is 4.55. The van der Waals surface area contributed by atoms with Crippen LogP contribution in [0.5, 0.6) is 0 Å². The van der Waals surface area contributed by atoms with Crippen LogP contribution in [0.1, 0.15) is 18.9 Å². The number of nitrogens with zero attached hydrogens (tertiary/aromatic N) is 3. The Morgan fingerprint density at radius 1 is 1.36 bits per heavy atom. The van der Waals surface area contributed by atoms with Crippen molar-refractivity contribution in [2.45, 2.75) is 26.0 Å². The number of aliphatic imine (C=N–C) groups is 1. The van der Waals surface area contributed by atoms with Gasteiger partial charge in [0, 0.05) is 38.4 Å². The van der Waals surface area contributed by atoms with Crippen LogP contribution in [0.25, 0.3) is 0 Å². The van der Waals surface area contributed by atoms with Gasteiger partial charge < -0.3 is 25.5 Å². The molecule has 2 saturated heterocycles. The van der Waals surface area contributed by atoms with Gasteiger partial charge in [0.2, 0.25) is 5.91 Å². The molecule has 1 amide bonds. The van der Waals surface area contributed by atoms with Crippen molar-refractivity contribution in [2.75, 3.05) is 44.2 Å². The molecule has 3 rings (SSSR count). The minimum absolute atomic E-state index is 0.0722. The number of aliphatic hydroxyl groups is 1. The predicted molar refractivity (Wildman–Crippen MR) is 98.7 cm³/mol. The van der Waals surface area contributed by atoms with Crippen LogP contribution in [0.15, 0.2) is 29.3 Å². The molecular formula is C18H27N5O2. The monoisotopic (exact) mass is 345 g/mol. The molecule has 25 heavy (non-hydrogen) atoms. The Bertz CT molecular complexity index is 616. The zero-order chi connectivity index (χ0) is 17.6. The summed E-state index contributed by atoms with van der Waals surface area (Å²) >= 11 is 0. The number of benzene rings is 1. The van der Waals surface area contributed by atoms with Gasteiger partial charge >= 0.3 is 0 Å². The van der Waals surface area contributed by atoms with Crippen molar-refractivity contribution in [1.82, 2.24) is 15.5 Å². The summed E-state index contributed by atoms with van der Waals surface area (Å²) in [6.07, 6.45) is 0.535. The number of rotatable bonds is 4. The number of piperazine rings is 1. The molecule has 2 aliphatic heterocycles. The van der Waals surface area contributed by atoms with Crippen molar-refractivity contribution >= 4 is 17.6 Å². The molecule has 136 valence electrons. The maximum absolute atomic E-state index is 11.5. The molecule has 0 aromatic heterocycles. The number of guanidine groups is 1. The van der Waals surface area contributed by atoms with Gasteiger partial charge in [-0.15, -0.1) is 0 Å². The molecule has 3 N–H and O–H groups in total. The average Bonchev–Trinajstić information content (AvgIpc) is 3.05. The standard InChI is InChI=1S/C18H27N5O2/c1-2-19-18(23-9-7-16(24)12-23)21-11-14-3-5-15(6-4-14)22-10-8-20-17(25)13-22/h3-6,16,24H,2,7-13H2,1H3,(H,19,21)(H,20,25)/t16-/m1/s1. The first-order chi connectivity index (χ1) is 12.2. The fourth-order valence-electron chi connectivity index (χ4n) is 3.20. The van der Waals surface area contributed by atoms with Crippen molar-refractivity contribution < 1.29 is 9.90 Å². The highest BCUT2D eigenvalue weighted by atomic mass is 16.3. The molecule has 0 spiro atoms. The minimum atomic E-state index is -0.259. The fraction of sp³-hybridized carbons (Fsp3) is 0.556. The first kappa shape index (κ1) is 17.5. The lowest BCUT2D eigenvalue weighted by Crippen LogP contribution is -2.47. The number of likely N-dealkylation sites (tertiary alicyclic amines) is 1. The Labute approximate surface area is 148 Å². The van der Waals surface area contributed by atoms with Crippen molar-refractivity contribution in [2.24, 2.45) is 4.99 Å². The van der Waals surface area contributed by atoms with Crippen LogP contribution in [-0.2, 0) is 11.3 Å². The molecule has 2 fully saturated rings. The van der Waals surface area contributed by atoms with E-state index in [1.807, 2.05) is 6.92 Å². The van der Waals surface area contributed by atoms with Crippen molar-refractivity contribution in [3.63, 3.8) is 0 Å². The van der Waals surface area contributed by atoms with Gasteiger partial charge in [-0.05, 0) is 31.0 Å². The highest BCUT2D eigenvalue weighted by molar-refractivity contribution is 5.82. The number of nitrogens with one attached hydrogen (secondary N) is 2. The SMILES string of the molecule is CCNC(=NCc1ccc(N2CCNC(=O)C2)cc1)N1CC[C@@H](O)C1. The van der Waals surface area contributed by atoms with Gasteiger partial charge in [-0.1, -0.05) is 12.1 Å². The molecule has 0 aliphatic carbocycles. The number of hydrogen-bond donors (Lipinski definition) is 3. The number of anilines is 1. The maximum Gasteiger partial charge on any atom is 0.239 e. The van der Waals surface area contributed by atoms with E-state index in [9.17, 15) is 9.90 Å². The molecule has 1 atom stereocenters.